The van der Waals surface area contributed by atoms with Crippen molar-refractivity contribution in [3.05, 3.63) is 23.7 Å². The molecule has 0 aromatic carbocycles. The lowest BCUT2D eigenvalue weighted by Gasteiger charge is -2.33. The van der Waals surface area contributed by atoms with Crippen LogP contribution in [-0.4, -0.2) is 29.3 Å². The number of furan rings is 1. The van der Waals surface area contributed by atoms with E-state index in [1.165, 1.54) is 6.26 Å². The van der Waals surface area contributed by atoms with Gasteiger partial charge in [-0.2, -0.15) is 0 Å². The first-order chi connectivity index (χ1) is 6.90. The van der Waals surface area contributed by atoms with Gasteiger partial charge in [0.1, 0.15) is 0 Å². The molecule has 0 radical (unpaired) electrons. The molecule has 1 heterocycles. The Morgan fingerprint density at radius 3 is 2.60 bits per heavy atom. The van der Waals surface area contributed by atoms with Crippen molar-refractivity contribution in [1.82, 2.24) is 4.90 Å². The van der Waals surface area contributed by atoms with Crippen molar-refractivity contribution in [2.75, 3.05) is 12.9 Å². The highest BCUT2D eigenvalue weighted by atomic mass is 35.5. The van der Waals surface area contributed by atoms with E-state index < -0.39 is 0 Å². The highest BCUT2D eigenvalue weighted by Gasteiger charge is 2.29. The Kier molecular flexibility index (Phi) is 3.45. The van der Waals surface area contributed by atoms with Crippen molar-refractivity contribution in [1.29, 1.82) is 0 Å². The van der Waals surface area contributed by atoms with Gasteiger partial charge in [0.25, 0.3) is 5.91 Å². The summed E-state index contributed by atoms with van der Waals surface area (Å²) in [5, 5.41) is 0. The van der Waals surface area contributed by atoms with Crippen LogP contribution < -0.4 is 0 Å². The van der Waals surface area contributed by atoms with Gasteiger partial charge in [-0.3, -0.25) is 4.79 Å². The molecule has 0 saturated carbocycles. The van der Waals surface area contributed by atoms with Crippen LogP contribution in [0.1, 0.15) is 30.0 Å². The first-order valence-corrected chi connectivity index (χ1v) is 5.32. The summed E-state index contributed by atoms with van der Waals surface area (Å²) in [5.41, 5.74) is 0.468. The molecule has 1 amide bonds. The Hall–Kier alpha value is -0.960. The van der Waals surface area contributed by atoms with E-state index in [4.69, 9.17) is 16.0 Å². The molecule has 0 aliphatic heterocycles. The van der Waals surface area contributed by atoms with Gasteiger partial charge in [-0.05, 0) is 26.8 Å². The summed E-state index contributed by atoms with van der Waals surface area (Å²) in [6.45, 7) is 5.67. The molecule has 0 aliphatic rings. The van der Waals surface area contributed by atoms with Gasteiger partial charge >= 0.3 is 0 Å². The lowest BCUT2D eigenvalue weighted by atomic mass is 10.1. The number of nitrogens with zero attached hydrogens (tertiary/aromatic N) is 1. The lowest BCUT2D eigenvalue weighted by Crippen LogP contribution is -2.46. The minimum atomic E-state index is -0.377. The topological polar surface area (TPSA) is 33.5 Å². The number of rotatable bonds is 3. The van der Waals surface area contributed by atoms with Gasteiger partial charge in [-0.1, -0.05) is 0 Å². The largest absolute Gasteiger partial charge is 0.459 e. The first kappa shape index (κ1) is 12.1. The second kappa shape index (κ2) is 4.27. The molecule has 0 aliphatic carbocycles. The molecule has 1 aromatic heterocycles. The van der Waals surface area contributed by atoms with Crippen molar-refractivity contribution < 1.29 is 9.21 Å². The summed E-state index contributed by atoms with van der Waals surface area (Å²) in [4.78, 5) is 13.6. The van der Waals surface area contributed by atoms with E-state index in [0.29, 0.717) is 11.6 Å². The number of halogens is 1. The van der Waals surface area contributed by atoms with Crippen LogP contribution in [0.3, 0.4) is 0 Å². The van der Waals surface area contributed by atoms with E-state index in [0.717, 1.165) is 5.56 Å². The second-order valence-electron chi connectivity index (χ2n) is 4.24. The quantitative estimate of drug-likeness (QED) is 0.747. The van der Waals surface area contributed by atoms with Crippen LogP contribution in [-0.2, 0) is 0 Å². The van der Waals surface area contributed by atoms with Crippen LogP contribution >= 0.6 is 11.6 Å². The maximum Gasteiger partial charge on any atom is 0.290 e. The zero-order valence-electron chi connectivity index (χ0n) is 9.50. The van der Waals surface area contributed by atoms with Crippen LogP contribution in [0.5, 0.6) is 0 Å². The molecule has 1 aromatic rings. The summed E-state index contributed by atoms with van der Waals surface area (Å²) < 4.78 is 5.15. The summed E-state index contributed by atoms with van der Waals surface area (Å²) in [5.74, 6) is 0.633. The molecule has 0 bridgehead atoms. The molecular formula is C11H16ClNO2. The molecule has 84 valence electrons. The molecule has 4 heteroatoms. The fourth-order valence-corrected chi connectivity index (χ4v) is 1.29. The molecule has 0 N–H and O–H groups in total. The van der Waals surface area contributed by atoms with Gasteiger partial charge in [0.15, 0.2) is 5.76 Å². The maximum absolute atomic E-state index is 12.0. The average Bonchev–Trinajstić information content (AvgIpc) is 2.62. The van der Waals surface area contributed by atoms with Crippen molar-refractivity contribution >= 4 is 17.5 Å². The number of carbonyl (C=O) groups excluding carboxylic acids is 1. The van der Waals surface area contributed by atoms with E-state index in [-0.39, 0.29) is 11.4 Å². The molecule has 0 spiro atoms. The summed E-state index contributed by atoms with van der Waals surface area (Å²) in [7, 11) is 1.73. The third-order valence-electron chi connectivity index (χ3n) is 2.60. The summed E-state index contributed by atoms with van der Waals surface area (Å²) in [6, 6.07) is 1.77. The van der Waals surface area contributed by atoms with Crippen molar-refractivity contribution in [2.45, 2.75) is 26.3 Å². The average molecular weight is 230 g/mol. The Morgan fingerprint density at radius 1 is 1.60 bits per heavy atom. The van der Waals surface area contributed by atoms with Crippen molar-refractivity contribution in [2.24, 2.45) is 0 Å². The van der Waals surface area contributed by atoms with E-state index in [9.17, 15) is 4.79 Å². The van der Waals surface area contributed by atoms with Crippen molar-refractivity contribution in [3.8, 4) is 0 Å². The molecule has 15 heavy (non-hydrogen) atoms. The Labute approximate surface area is 95.0 Å². The van der Waals surface area contributed by atoms with Gasteiger partial charge in [-0.25, -0.2) is 0 Å². The fourth-order valence-electron chi connectivity index (χ4n) is 1.11. The predicted molar refractivity (Wildman–Crippen MR) is 60.3 cm³/mol. The number of hydrogen-bond donors (Lipinski definition) is 0. The molecule has 0 fully saturated rings. The van der Waals surface area contributed by atoms with E-state index in [1.54, 1.807) is 18.0 Å². The van der Waals surface area contributed by atoms with Gasteiger partial charge in [0.2, 0.25) is 0 Å². The molecule has 3 nitrogen and oxygen atoms in total. The van der Waals surface area contributed by atoms with Gasteiger partial charge in [0, 0.05) is 18.5 Å². The molecular weight excluding hydrogens is 214 g/mol. The third-order valence-corrected chi connectivity index (χ3v) is 3.25. The molecule has 0 atom stereocenters. The Morgan fingerprint density at radius 2 is 2.20 bits per heavy atom. The molecule has 0 saturated heterocycles. The monoisotopic (exact) mass is 229 g/mol. The standard InChI is InChI=1S/C11H16ClNO2/c1-8-5-6-15-9(8)10(14)13(4)11(2,3)7-12/h5-6H,7H2,1-4H3. The van der Waals surface area contributed by atoms with E-state index in [1.807, 2.05) is 20.8 Å². The van der Waals surface area contributed by atoms with Crippen LogP contribution in [0, 0.1) is 6.92 Å². The van der Waals surface area contributed by atoms with E-state index >= 15 is 0 Å². The summed E-state index contributed by atoms with van der Waals surface area (Å²) >= 11 is 5.81. The van der Waals surface area contributed by atoms with Crippen LogP contribution in [0.4, 0.5) is 0 Å². The maximum atomic E-state index is 12.0. The van der Waals surface area contributed by atoms with Crippen molar-refractivity contribution in [3.63, 3.8) is 0 Å². The Bertz CT molecular complexity index is 357. The van der Waals surface area contributed by atoms with Gasteiger partial charge in [0.05, 0.1) is 11.8 Å². The van der Waals surface area contributed by atoms with Gasteiger partial charge < -0.3 is 9.32 Å². The normalized spacial score (nSPS) is 11.5. The Balaban J connectivity index is 2.92. The SMILES string of the molecule is Cc1ccoc1C(=O)N(C)C(C)(C)CCl. The van der Waals surface area contributed by atoms with Gasteiger partial charge in [-0.15, -0.1) is 11.6 Å². The first-order valence-electron chi connectivity index (χ1n) is 4.78. The number of carbonyl (C=O) groups is 1. The zero-order valence-corrected chi connectivity index (χ0v) is 10.3. The number of alkyl halides is 1. The minimum Gasteiger partial charge on any atom is -0.459 e. The number of amides is 1. The predicted octanol–water partition coefficient (Wildman–Crippen LogP) is 2.68. The van der Waals surface area contributed by atoms with Crippen LogP contribution in [0.2, 0.25) is 0 Å². The number of aryl methyl sites for hydroxylation is 1. The highest BCUT2D eigenvalue weighted by molar-refractivity contribution is 6.18. The highest BCUT2D eigenvalue weighted by Crippen LogP contribution is 2.19. The molecule has 1 rings (SSSR count). The third kappa shape index (κ3) is 2.34. The fraction of sp³-hybridized carbons (Fsp3) is 0.545. The number of hydrogen-bond acceptors (Lipinski definition) is 2. The molecule has 0 unspecified atom stereocenters. The van der Waals surface area contributed by atoms with Crippen LogP contribution in [0.15, 0.2) is 16.7 Å². The smallest absolute Gasteiger partial charge is 0.290 e. The summed E-state index contributed by atoms with van der Waals surface area (Å²) in [6.07, 6.45) is 1.52. The van der Waals surface area contributed by atoms with E-state index in [2.05, 4.69) is 0 Å². The minimum absolute atomic E-state index is 0.136. The van der Waals surface area contributed by atoms with Crippen LogP contribution in [0.25, 0.3) is 0 Å². The zero-order chi connectivity index (χ0) is 11.6. The lowest BCUT2D eigenvalue weighted by molar-refractivity contribution is 0.0626. The second-order valence-corrected chi connectivity index (χ2v) is 4.51.